The highest BCUT2D eigenvalue weighted by atomic mass is 35.5. The molecule has 0 saturated heterocycles. The van der Waals surface area contributed by atoms with Gasteiger partial charge in [-0.1, -0.05) is 17.7 Å². The first-order valence-electron chi connectivity index (χ1n) is 18.4. The van der Waals surface area contributed by atoms with Crippen LogP contribution in [-0.2, 0) is 54.9 Å². The number of benzene rings is 1. The molecule has 0 saturated carbocycles. The maximum atomic E-state index is 12.7. The number of nitrogens with zero attached hydrogens (tertiary/aromatic N) is 4. The van der Waals surface area contributed by atoms with Crippen molar-refractivity contribution in [3.8, 4) is 5.75 Å². The Hall–Kier alpha value is -4.81. The molecule has 2 unspecified atom stereocenters. The lowest BCUT2D eigenvalue weighted by Crippen LogP contribution is -2.35. The van der Waals surface area contributed by atoms with Crippen LogP contribution in [0.25, 0.3) is 22.1 Å². The SMILES string of the molecule is CS(=O)(=O)CCCNC(=O)C1CCc2[nH]c3ncnc(Cl)c3c2C1.Cc1ccc(Nc2ncnc3[nH]c4c(c23)CC(C(=O)NCCCS(C)(=O)=O)CC4)c(O)c1. The number of amides is 2. The van der Waals surface area contributed by atoms with Crippen LogP contribution in [0.1, 0.15) is 53.8 Å². The minimum atomic E-state index is -3.03. The van der Waals surface area contributed by atoms with Crippen LogP contribution in [0.15, 0.2) is 30.9 Å². The Labute approximate surface area is 329 Å². The Balaban J connectivity index is 0.000000198. The monoisotopic (exact) mass is 827 g/mol. The highest BCUT2D eigenvalue weighted by Gasteiger charge is 2.30. The second-order valence-corrected chi connectivity index (χ2v) is 19.4. The zero-order chi connectivity index (χ0) is 40.2. The Kier molecular flexibility index (Phi) is 12.5. The van der Waals surface area contributed by atoms with Gasteiger partial charge in [0.15, 0.2) is 0 Å². The molecule has 56 heavy (non-hydrogen) atoms. The van der Waals surface area contributed by atoms with E-state index in [0.717, 1.165) is 51.7 Å². The number of rotatable bonds is 12. The van der Waals surface area contributed by atoms with Crippen LogP contribution >= 0.6 is 11.6 Å². The zero-order valence-corrected chi connectivity index (χ0v) is 33.8. The molecule has 2 aliphatic carbocycles. The molecule has 19 heteroatoms. The fourth-order valence-electron chi connectivity index (χ4n) is 7.24. The Morgan fingerprint density at radius 1 is 0.804 bits per heavy atom. The summed E-state index contributed by atoms with van der Waals surface area (Å²) in [6, 6.07) is 5.37. The summed E-state index contributed by atoms with van der Waals surface area (Å²) in [4.78, 5) is 48.6. The molecule has 0 fully saturated rings. The summed E-state index contributed by atoms with van der Waals surface area (Å²) in [7, 11) is -6.03. The fraction of sp³-hybridized carbons (Fsp3) is 0.459. The Bertz CT molecular complexity index is 2490. The summed E-state index contributed by atoms with van der Waals surface area (Å²) >= 11 is 6.18. The quantitative estimate of drug-likeness (QED) is 0.0600. The van der Waals surface area contributed by atoms with E-state index in [1.165, 1.54) is 25.2 Å². The number of aromatic hydroxyl groups is 1. The first-order chi connectivity index (χ1) is 26.6. The number of aromatic amines is 2. The predicted molar refractivity (Wildman–Crippen MR) is 215 cm³/mol. The number of halogens is 1. The second kappa shape index (κ2) is 17.1. The third kappa shape index (κ3) is 10.1. The van der Waals surface area contributed by atoms with Gasteiger partial charge in [0.2, 0.25) is 11.8 Å². The molecule has 300 valence electrons. The highest BCUT2D eigenvalue weighted by molar-refractivity contribution is 7.90. The normalized spacial score (nSPS) is 16.7. The topological polar surface area (TPSA) is 242 Å². The van der Waals surface area contributed by atoms with Crippen LogP contribution in [0, 0.1) is 18.8 Å². The maximum absolute atomic E-state index is 12.7. The number of fused-ring (bicyclic) bond motifs is 6. The molecule has 1 aromatic carbocycles. The number of H-pyrrole nitrogens is 2. The van der Waals surface area contributed by atoms with E-state index < -0.39 is 19.7 Å². The van der Waals surface area contributed by atoms with Gasteiger partial charge in [0, 0.05) is 48.8 Å². The van der Waals surface area contributed by atoms with Crippen LogP contribution in [0.4, 0.5) is 11.5 Å². The number of hydrogen-bond donors (Lipinski definition) is 6. The van der Waals surface area contributed by atoms with Gasteiger partial charge in [0.05, 0.1) is 28.0 Å². The number of anilines is 2. The maximum Gasteiger partial charge on any atom is 0.223 e. The van der Waals surface area contributed by atoms with Crippen LogP contribution in [0.3, 0.4) is 0 Å². The molecule has 0 aliphatic heterocycles. The lowest BCUT2D eigenvalue weighted by atomic mass is 9.86. The van der Waals surface area contributed by atoms with Crippen molar-refractivity contribution in [1.29, 1.82) is 0 Å². The van der Waals surface area contributed by atoms with Crippen LogP contribution in [0.5, 0.6) is 5.75 Å². The third-order valence-corrected chi connectivity index (χ3v) is 12.4. The largest absolute Gasteiger partial charge is 0.506 e. The van der Waals surface area contributed by atoms with Crippen LogP contribution in [-0.4, -0.2) is 101 Å². The summed E-state index contributed by atoms with van der Waals surface area (Å²) < 4.78 is 44.7. The van der Waals surface area contributed by atoms with Gasteiger partial charge < -0.3 is 31.0 Å². The number of carbonyl (C=O) groups excluding carboxylic acids is 2. The molecule has 2 aliphatic rings. The molecule has 4 aromatic heterocycles. The molecule has 2 atom stereocenters. The summed E-state index contributed by atoms with van der Waals surface area (Å²) in [5.41, 5.74) is 7.00. The molecular weight excluding hydrogens is 782 g/mol. The number of phenols is 1. The van der Waals surface area contributed by atoms with E-state index in [-0.39, 0.29) is 40.9 Å². The van der Waals surface area contributed by atoms with E-state index in [1.807, 2.05) is 13.0 Å². The summed E-state index contributed by atoms with van der Waals surface area (Å²) in [5.74, 6) is 0.373. The van der Waals surface area contributed by atoms with E-state index in [9.17, 15) is 31.5 Å². The van der Waals surface area contributed by atoms with Gasteiger partial charge >= 0.3 is 0 Å². The first-order valence-corrected chi connectivity index (χ1v) is 22.9. The molecule has 0 radical (unpaired) electrons. The number of sulfone groups is 2. The zero-order valence-electron chi connectivity index (χ0n) is 31.4. The molecule has 4 heterocycles. The Morgan fingerprint density at radius 3 is 1.86 bits per heavy atom. The standard InChI is InChI=1S/C22H27N5O4S.C15H19ClN4O3S/c1-13-4-6-17(18(28)10-13)27-21-19-15-11-14(22(29)23-8-3-9-32(2,30)31)5-7-16(15)26-20(19)24-12-25-21;1-24(22,23)6-2-5-17-15(21)9-3-4-11-10(7-9)12-13(16)18-8-19-14(12)20-11/h4,6,10,12,14,28H,3,5,7-9,11H2,1-2H3,(H,23,29)(H2,24,25,26,27);8-9H,2-7H2,1H3,(H,17,21)(H,18,19,20). The average Bonchev–Trinajstić information content (AvgIpc) is 3.71. The van der Waals surface area contributed by atoms with Crippen molar-refractivity contribution < 1.29 is 31.5 Å². The molecule has 7 rings (SSSR count). The van der Waals surface area contributed by atoms with Gasteiger partial charge in [-0.2, -0.15) is 0 Å². The lowest BCUT2D eigenvalue weighted by molar-refractivity contribution is -0.126. The number of hydrogen-bond acceptors (Lipinski definition) is 12. The van der Waals surface area contributed by atoms with Crippen molar-refractivity contribution in [2.45, 2.75) is 58.3 Å². The predicted octanol–water partition coefficient (Wildman–Crippen LogP) is 3.64. The van der Waals surface area contributed by atoms with Crippen molar-refractivity contribution >= 4 is 76.7 Å². The van der Waals surface area contributed by atoms with Gasteiger partial charge in [0.1, 0.15) is 60.3 Å². The molecule has 6 N–H and O–H groups in total. The van der Waals surface area contributed by atoms with Crippen molar-refractivity contribution in [2.75, 3.05) is 42.4 Å². The molecule has 16 nitrogen and oxygen atoms in total. The van der Waals surface area contributed by atoms with E-state index in [2.05, 4.69) is 45.9 Å². The summed E-state index contributed by atoms with van der Waals surface area (Å²) in [5, 5.41) is 21.2. The van der Waals surface area contributed by atoms with Crippen molar-refractivity contribution in [2.24, 2.45) is 11.8 Å². The number of aromatic nitrogens is 6. The van der Waals surface area contributed by atoms with Gasteiger partial charge in [-0.25, -0.2) is 36.8 Å². The summed E-state index contributed by atoms with van der Waals surface area (Å²) in [6.45, 7) is 2.61. The van der Waals surface area contributed by atoms with E-state index in [4.69, 9.17) is 11.6 Å². The van der Waals surface area contributed by atoms with Gasteiger partial charge in [0.25, 0.3) is 0 Å². The van der Waals surface area contributed by atoms with E-state index in [1.54, 1.807) is 12.1 Å². The number of carbonyl (C=O) groups is 2. The fourth-order valence-corrected chi connectivity index (χ4v) is 8.82. The highest BCUT2D eigenvalue weighted by Crippen LogP contribution is 2.37. The van der Waals surface area contributed by atoms with Gasteiger partial charge in [-0.05, 0) is 87.1 Å². The minimum absolute atomic E-state index is 0.0449. The molecular formula is C37H46ClN9O7S2. The van der Waals surface area contributed by atoms with Crippen molar-refractivity contribution in [3.05, 3.63) is 64.1 Å². The number of aryl methyl sites for hydroxylation is 3. The van der Waals surface area contributed by atoms with E-state index >= 15 is 0 Å². The smallest absolute Gasteiger partial charge is 0.223 e. The van der Waals surface area contributed by atoms with Crippen LogP contribution in [0.2, 0.25) is 5.15 Å². The molecule has 0 bridgehead atoms. The molecule has 0 spiro atoms. The molecule has 2 amide bonds. The van der Waals surface area contributed by atoms with Gasteiger partial charge in [-0.3, -0.25) is 9.59 Å². The molecule has 5 aromatic rings. The van der Waals surface area contributed by atoms with Crippen molar-refractivity contribution in [3.63, 3.8) is 0 Å². The Morgan fingerprint density at radius 2 is 1.32 bits per heavy atom. The average molecular weight is 828 g/mol. The minimum Gasteiger partial charge on any atom is -0.506 e. The first kappa shape index (κ1) is 40.8. The van der Waals surface area contributed by atoms with Crippen LogP contribution < -0.4 is 16.0 Å². The summed E-state index contributed by atoms with van der Waals surface area (Å²) in [6.07, 6.45) is 10.1. The van der Waals surface area contributed by atoms with E-state index in [0.29, 0.717) is 79.6 Å². The van der Waals surface area contributed by atoms with Crippen molar-refractivity contribution in [1.82, 2.24) is 40.5 Å². The number of nitrogens with one attached hydrogen (secondary N) is 5. The second-order valence-electron chi connectivity index (χ2n) is 14.6. The van der Waals surface area contributed by atoms with Gasteiger partial charge in [-0.15, -0.1) is 0 Å². The third-order valence-electron chi connectivity index (χ3n) is 10.0. The number of phenolic OH excluding ortho intramolecular Hbond substituents is 1. The lowest BCUT2D eigenvalue weighted by Gasteiger charge is -2.22.